The van der Waals surface area contributed by atoms with Crippen LogP contribution in [0, 0.1) is 0 Å². The Balaban J connectivity index is 1.81. The normalized spacial score (nSPS) is 12.1. The monoisotopic (exact) mass is 407 g/mol. The van der Waals surface area contributed by atoms with Gasteiger partial charge in [-0.3, -0.25) is 9.79 Å². The largest absolute Gasteiger partial charge is 0.493 e. The molecule has 0 aliphatic rings. The van der Waals surface area contributed by atoms with Crippen LogP contribution in [0.5, 0.6) is 17.2 Å². The SMILES string of the molecule is COc1cc(C=NCC(=O)C(OC)c2cccc3ccccc23)cc(OC)c1OC. The van der Waals surface area contributed by atoms with Gasteiger partial charge in [-0.2, -0.15) is 0 Å². The molecule has 3 aromatic rings. The molecule has 6 heteroatoms. The Bertz CT molecular complexity index is 1030. The second kappa shape index (κ2) is 9.89. The van der Waals surface area contributed by atoms with Gasteiger partial charge in [-0.1, -0.05) is 42.5 Å². The number of methoxy groups -OCH3 is 4. The minimum Gasteiger partial charge on any atom is -0.493 e. The van der Waals surface area contributed by atoms with Crippen LogP contribution in [0.25, 0.3) is 10.8 Å². The number of carbonyl (C=O) groups excluding carboxylic acids is 1. The molecule has 0 saturated heterocycles. The third kappa shape index (κ3) is 4.44. The van der Waals surface area contributed by atoms with E-state index in [1.54, 1.807) is 39.7 Å². The van der Waals surface area contributed by atoms with Crippen LogP contribution in [0.15, 0.2) is 59.6 Å². The van der Waals surface area contributed by atoms with Gasteiger partial charge in [0.1, 0.15) is 12.6 Å². The molecule has 0 bridgehead atoms. The first-order valence-electron chi connectivity index (χ1n) is 9.46. The molecular weight excluding hydrogens is 382 g/mol. The molecule has 30 heavy (non-hydrogen) atoms. The van der Waals surface area contributed by atoms with Crippen molar-refractivity contribution in [3.63, 3.8) is 0 Å². The fourth-order valence-electron chi connectivity index (χ4n) is 3.41. The number of ether oxygens (including phenoxy) is 4. The maximum Gasteiger partial charge on any atom is 0.203 e. The van der Waals surface area contributed by atoms with Crippen LogP contribution in [-0.2, 0) is 9.53 Å². The lowest BCUT2D eigenvalue weighted by molar-refractivity contribution is -0.127. The summed E-state index contributed by atoms with van der Waals surface area (Å²) in [5.41, 5.74) is 1.57. The molecular formula is C24H25NO5. The molecule has 0 fully saturated rings. The van der Waals surface area contributed by atoms with Crippen LogP contribution in [-0.4, -0.2) is 47.0 Å². The zero-order valence-electron chi connectivity index (χ0n) is 17.5. The van der Waals surface area contributed by atoms with Gasteiger partial charge < -0.3 is 18.9 Å². The van der Waals surface area contributed by atoms with Gasteiger partial charge in [0, 0.05) is 13.3 Å². The van der Waals surface area contributed by atoms with Crippen molar-refractivity contribution in [2.24, 2.45) is 4.99 Å². The van der Waals surface area contributed by atoms with Crippen LogP contribution < -0.4 is 14.2 Å². The Kier molecular flexibility index (Phi) is 7.03. The van der Waals surface area contributed by atoms with Crippen molar-refractivity contribution in [2.75, 3.05) is 35.0 Å². The summed E-state index contributed by atoms with van der Waals surface area (Å²) in [6.45, 7) is -0.0155. The predicted octanol–water partition coefficient (Wildman–Crippen LogP) is 4.24. The minimum atomic E-state index is -0.687. The van der Waals surface area contributed by atoms with E-state index in [1.165, 1.54) is 7.11 Å². The van der Waals surface area contributed by atoms with Gasteiger partial charge in [0.2, 0.25) is 5.75 Å². The number of hydrogen-bond acceptors (Lipinski definition) is 6. The Labute approximate surface area is 176 Å². The lowest BCUT2D eigenvalue weighted by Crippen LogP contribution is -2.17. The fraction of sp³-hybridized carbons (Fsp3) is 0.250. The molecule has 0 spiro atoms. The van der Waals surface area contributed by atoms with E-state index >= 15 is 0 Å². The summed E-state index contributed by atoms with van der Waals surface area (Å²) in [5, 5.41) is 2.06. The number of fused-ring (bicyclic) bond motifs is 1. The van der Waals surface area contributed by atoms with E-state index in [0.29, 0.717) is 17.2 Å². The number of rotatable bonds is 9. The molecule has 0 heterocycles. The van der Waals surface area contributed by atoms with Crippen LogP contribution >= 0.6 is 0 Å². The summed E-state index contributed by atoms with van der Waals surface area (Å²) < 4.78 is 21.5. The van der Waals surface area contributed by atoms with Crippen molar-refractivity contribution in [3.05, 3.63) is 65.7 Å². The van der Waals surface area contributed by atoms with Gasteiger partial charge in [-0.05, 0) is 34.0 Å². The Hall–Kier alpha value is -3.38. The second-order valence-electron chi connectivity index (χ2n) is 6.58. The van der Waals surface area contributed by atoms with Gasteiger partial charge in [-0.25, -0.2) is 0 Å². The average molecular weight is 407 g/mol. The van der Waals surface area contributed by atoms with Gasteiger partial charge in [0.05, 0.1) is 21.3 Å². The quantitative estimate of drug-likeness (QED) is 0.497. The topological polar surface area (TPSA) is 66.4 Å². The molecule has 0 aromatic heterocycles. The zero-order valence-corrected chi connectivity index (χ0v) is 17.5. The maximum absolute atomic E-state index is 12.8. The van der Waals surface area contributed by atoms with Crippen LogP contribution in [0.4, 0.5) is 0 Å². The number of nitrogens with zero attached hydrogens (tertiary/aromatic N) is 1. The summed E-state index contributed by atoms with van der Waals surface area (Å²) in [7, 11) is 6.18. The van der Waals surface area contributed by atoms with Crippen molar-refractivity contribution in [2.45, 2.75) is 6.10 Å². The van der Waals surface area contributed by atoms with E-state index in [-0.39, 0.29) is 12.3 Å². The molecule has 6 nitrogen and oxygen atoms in total. The van der Waals surface area contributed by atoms with Crippen LogP contribution in [0.1, 0.15) is 17.2 Å². The van der Waals surface area contributed by atoms with Gasteiger partial charge in [0.25, 0.3) is 0 Å². The lowest BCUT2D eigenvalue weighted by Gasteiger charge is -2.16. The Morgan fingerprint density at radius 2 is 1.60 bits per heavy atom. The van der Waals surface area contributed by atoms with E-state index in [1.807, 2.05) is 42.5 Å². The van der Waals surface area contributed by atoms with E-state index < -0.39 is 6.10 Å². The third-order valence-corrected chi connectivity index (χ3v) is 4.81. The molecule has 0 aliphatic heterocycles. The van der Waals surface area contributed by atoms with Gasteiger partial charge in [0.15, 0.2) is 17.3 Å². The van der Waals surface area contributed by atoms with Crippen molar-refractivity contribution in [1.29, 1.82) is 0 Å². The van der Waals surface area contributed by atoms with E-state index in [4.69, 9.17) is 18.9 Å². The molecule has 156 valence electrons. The molecule has 1 atom stereocenters. The van der Waals surface area contributed by atoms with Crippen molar-refractivity contribution in [1.82, 2.24) is 0 Å². The average Bonchev–Trinajstić information content (AvgIpc) is 2.79. The van der Waals surface area contributed by atoms with Gasteiger partial charge >= 0.3 is 0 Å². The van der Waals surface area contributed by atoms with E-state index in [0.717, 1.165) is 21.9 Å². The number of ketones is 1. The second-order valence-corrected chi connectivity index (χ2v) is 6.58. The number of hydrogen-bond donors (Lipinski definition) is 0. The summed E-state index contributed by atoms with van der Waals surface area (Å²) in [4.78, 5) is 17.2. The number of aliphatic imine (C=N–C) groups is 1. The van der Waals surface area contributed by atoms with Crippen molar-refractivity contribution >= 4 is 22.8 Å². The molecule has 0 saturated carbocycles. The van der Waals surface area contributed by atoms with E-state index in [2.05, 4.69) is 4.99 Å². The molecule has 0 N–H and O–H groups in total. The maximum atomic E-state index is 12.8. The van der Waals surface area contributed by atoms with Gasteiger partial charge in [-0.15, -0.1) is 0 Å². The third-order valence-electron chi connectivity index (χ3n) is 4.81. The highest BCUT2D eigenvalue weighted by atomic mass is 16.5. The summed E-state index contributed by atoms with van der Waals surface area (Å²) in [6.07, 6.45) is 0.922. The molecule has 1 unspecified atom stereocenters. The standard InChI is InChI=1S/C24H25NO5/c1-27-21-12-16(13-22(28-2)24(21)30-4)14-25-15-20(26)23(29-3)19-11-7-9-17-8-5-6-10-18(17)19/h5-14,23H,15H2,1-4H3. The highest BCUT2D eigenvalue weighted by Gasteiger charge is 2.21. The summed E-state index contributed by atoms with van der Waals surface area (Å²) >= 11 is 0. The molecule has 3 rings (SSSR count). The zero-order chi connectivity index (χ0) is 21.5. The predicted molar refractivity (Wildman–Crippen MR) is 117 cm³/mol. The number of Topliss-reactive ketones (excluding diaryl/α,β-unsaturated/α-hetero) is 1. The minimum absolute atomic E-state index is 0.0155. The highest BCUT2D eigenvalue weighted by Crippen LogP contribution is 2.37. The smallest absolute Gasteiger partial charge is 0.203 e. The van der Waals surface area contributed by atoms with Crippen molar-refractivity contribution < 1.29 is 23.7 Å². The fourth-order valence-corrected chi connectivity index (χ4v) is 3.41. The molecule has 0 aliphatic carbocycles. The molecule has 3 aromatic carbocycles. The first kappa shape index (κ1) is 21.3. The summed E-state index contributed by atoms with van der Waals surface area (Å²) in [5.74, 6) is 1.42. The highest BCUT2D eigenvalue weighted by molar-refractivity contribution is 5.94. The van der Waals surface area contributed by atoms with Crippen LogP contribution in [0.2, 0.25) is 0 Å². The molecule has 0 amide bonds. The first-order chi connectivity index (χ1) is 14.6. The molecule has 0 radical (unpaired) electrons. The van der Waals surface area contributed by atoms with Crippen molar-refractivity contribution in [3.8, 4) is 17.2 Å². The van der Waals surface area contributed by atoms with Crippen LogP contribution in [0.3, 0.4) is 0 Å². The van der Waals surface area contributed by atoms with E-state index in [9.17, 15) is 4.79 Å². The Morgan fingerprint density at radius 1 is 0.933 bits per heavy atom. The summed E-state index contributed by atoms with van der Waals surface area (Å²) in [6, 6.07) is 17.3. The lowest BCUT2D eigenvalue weighted by atomic mass is 9.98. The number of carbonyl (C=O) groups is 1. The number of benzene rings is 3. The Morgan fingerprint density at radius 3 is 2.23 bits per heavy atom. The first-order valence-corrected chi connectivity index (χ1v) is 9.46.